The van der Waals surface area contributed by atoms with Crippen LogP contribution in [0.15, 0.2) is 12.1 Å². The van der Waals surface area contributed by atoms with Gasteiger partial charge in [-0.3, -0.25) is 0 Å². The molecular formula is C12H18N2O4. The van der Waals surface area contributed by atoms with E-state index in [2.05, 4.69) is 4.98 Å². The van der Waals surface area contributed by atoms with Crippen molar-refractivity contribution in [2.24, 2.45) is 0 Å². The monoisotopic (exact) mass is 254 g/mol. The van der Waals surface area contributed by atoms with Crippen molar-refractivity contribution in [3.63, 3.8) is 0 Å². The molecule has 0 aliphatic carbocycles. The van der Waals surface area contributed by atoms with E-state index in [1.54, 1.807) is 19.1 Å². The smallest absolute Gasteiger partial charge is 0.406 e. The van der Waals surface area contributed by atoms with Crippen LogP contribution in [0.1, 0.15) is 31.4 Å². The number of hydrogen-bond donors (Lipinski definition) is 1. The molecule has 1 heterocycles. The Bertz CT molecular complexity index is 396. The minimum absolute atomic E-state index is 0.203. The van der Waals surface area contributed by atoms with Gasteiger partial charge in [0.05, 0.1) is 6.61 Å². The van der Waals surface area contributed by atoms with E-state index >= 15 is 0 Å². The highest BCUT2D eigenvalue weighted by Crippen LogP contribution is 2.24. The van der Waals surface area contributed by atoms with Crippen LogP contribution in [0.3, 0.4) is 0 Å². The second-order valence-electron chi connectivity index (χ2n) is 4.02. The van der Waals surface area contributed by atoms with Gasteiger partial charge >= 0.3 is 5.82 Å². The quantitative estimate of drug-likeness (QED) is 0.437. The Kier molecular flexibility index (Phi) is 6.07. The summed E-state index contributed by atoms with van der Waals surface area (Å²) in [5.41, 5.74) is 0.594. The van der Waals surface area contributed by atoms with Crippen molar-refractivity contribution in [1.82, 2.24) is 4.98 Å². The number of aliphatic hydroxyl groups excluding tert-OH is 1. The summed E-state index contributed by atoms with van der Waals surface area (Å²) in [6.07, 6.45) is 3.47. The molecule has 0 fully saturated rings. The van der Waals surface area contributed by atoms with Gasteiger partial charge in [0, 0.05) is 13.5 Å². The van der Waals surface area contributed by atoms with Crippen LogP contribution in [0.5, 0.6) is 5.75 Å². The molecule has 100 valence electrons. The number of aryl methyl sites for hydroxylation is 1. The maximum absolute atomic E-state index is 10.8. The van der Waals surface area contributed by atoms with Gasteiger partial charge in [0.1, 0.15) is 5.69 Å². The summed E-state index contributed by atoms with van der Waals surface area (Å²) in [5, 5.41) is 19.4. The van der Waals surface area contributed by atoms with Crippen LogP contribution in [0.2, 0.25) is 0 Å². The lowest BCUT2D eigenvalue weighted by molar-refractivity contribution is -0.390. The van der Waals surface area contributed by atoms with Gasteiger partial charge in [-0.1, -0.05) is 6.42 Å². The van der Waals surface area contributed by atoms with E-state index in [1.165, 1.54) is 0 Å². The zero-order valence-corrected chi connectivity index (χ0v) is 10.5. The number of unbranched alkanes of at least 4 members (excludes halogenated alkanes) is 3. The standard InChI is InChI=1S/C12H18N2O4/c1-10-6-7-11(12(13-10)14(16)17)18-9-5-3-2-4-8-15/h6-7,15H,2-5,8-9H2,1H3. The second kappa shape index (κ2) is 7.60. The lowest BCUT2D eigenvalue weighted by Crippen LogP contribution is -2.03. The summed E-state index contributed by atoms with van der Waals surface area (Å²) in [6, 6.07) is 3.27. The third kappa shape index (κ3) is 4.67. The Labute approximate surface area is 106 Å². The van der Waals surface area contributed by atoms with Crippen molar-refractivity contribution in [2.75, 3.05) is 13.2 Å². The average molecular weight is 254 g/mol. The maximum Gasteiger partial charge on any atom is 0.406 e. The average Bonchev–Trinajstić information content (AvgIpc) is 2.35. The third-order valence-corrected chi connectivity index (χ3v) is 2.46. The number of nitro groups is 1. The normalized spacial score (nSPS) is 10.3. The third-order valence-electron chi connectivity index (χ3n) is 2.46. The lowest BCUT2D eigenvalue weighted by atomic mass is 10.2. The van der Waals surface area contributed by atoms with E-state index in [9.17, 15) is 10.1 Å². The molecule has 1 aromatic heterocycles. The summed E-state index contributed by atoms with van der Waals surface area (Å²) in [5.74, 6) is -0.0156. The molecule has 0 radical (unpaired) electrons. The molecule has 0 unspecified atom stereocenters. The van der Waals surface area contributed by atoms with Crippen molar-refractivity contribution in [3.8, 4) is 5.75 Å². The zero-order chi connectivity index (χ0) is 13.4. The van der Waals surface area contributed by atoms with Crippen molar-refractivity contribution in [3.05, 3.63) is 27.9 Å². The molecule has 0 spiro atoms. The van der Waals surface area contributed by atoms with Crippen LogP contribution in [-0.4, -0.2) is 28.2 Å². The number of hydrogen-bond acceptors (Lipinski definition) is 5. The number of nitrogens with zero attached hydrogens (tertiary/aromatic N) is 2. The Balaban J connectivity index is 2.44. The van der Waals surface area contributed by atoms with Crippen molar-refractivity contribution in [2.45, 2.75) is 32.6 Å². The SMILES string of the molecule is Cc1ccc(OCCCCCCO)c([N+](=O)[O-])n1. The maximum atomic E-state index is 10.8. The molecule has 0 aromatic carbocycles. The van der Waals surface area contributed by atoms with Crippen LogP contribution in [0.25, 0.3) is 0 Å². The van der Waals surface area contributed by atoms with Crippen LogP contribution in [0, 0.1) is 17.0 Å². The molecule has 18 heavy (non-hydrogen) atoms. The predicted molar refractivity (Wildman–Crippen MR) is 66.7 cm³/mol. The van der Waals surface area contributed by atoms with Gasteiger partial charge < -0.3 is 20.0 Å². The molecule has 1 aromatic rings. The number of ether oxygens (including phenoxy) is 1. The number of aliphatic hydroxyl groups is 1. The first-order chi connectivity index (χ1) is 8.65. The molecule has 1 rings (SSSR count). The summed E-state index contributed by atoms with van der Waals surface area (Å²) < 4.78 is 5.37. The second-order valence-corrected chi connectivity index (χ2v) is 4.02. The molecule has 0 amide bonds. The summed E-state index contributed by atoms with van der Waals surface area (Å²) >= 11 is 0. The fourth-order valence-corrected chi connectivity index (χ4v) is 1.52. The Morgan fingerprint density at radius 2 is 2.06 bits per heavy atom. The van der Waals surface area contributed by atoms with E-state index < -0.39 is 4.92 Å². The Morgan fingerprint density at radius 3 is 2.72 bits per heavy atom. The number of pyridine rings is 1. The molecule has 6 nitrogen and oxygen atoms in total. The minimum Gasteiger partial charge on any atom is -0.486 e. The van der Waals surface area contributed by atoms with Crippen molar-refractivity contribution < 1.29 is 14.8 Å². The highest BCUT2D eigenvalue weighted by atomic mass is 16.6. The molecule has 6 heteroatoms. The topological polar surface area (TPSA) is 85.5 Å². The molecule has 0 bridgehead atoms. The van der Waals surface area contributed by atoms with Gasteiger partial charge in [0.25, 0.3) is 0 Å². The summed E-state index contributed by atoms with van der Waals surface area (Å²) in [7, 11) is 0. The first kappa shape index (κ1) is 14.4. The van der Waals surface area contributed by atoms with Crippen molar-refractivity contribution >= 4 is 5.82 Å². The molecule has 0 aliphatic heterocycles. The van der Waals surface area contributed by atoms with Crippen LogP contribution < -0.4 is 4.74 Å². The highest BCUT2D eigenvalue weighted by Gasteiger charge is 2.17. The Hall–Kier alpha value is -1.69. The highest BCUT2D eigenvalue weighted by molar-refractivity contribution is 5.40. The van der Waals surface area contributed by atoms with Gasteiger partial charge in [-0.25, -0.2) is 0 Å². The zero-order valence-electron chi connectivity index (χ0n) is 10.5. The van der Waals surface area contributed by atoms with Crippen LogP contribution >= 0.6 is 0 Å². The van der Waals surface area contributed by atoms with Gasteiger partial charge in [0.2, 0.25) is 5.75 Å². The molecular weight excluding hydrogens is 236 g/mol. The number of rotatable bonds is 8. The van der Waals surface area contributed by atoms with Gasteiger partial charge in [-0.05, 0) is 41.3 Å². The molecule has 0 saturated heterocycles. The van der Waals surface area contributed by atoms with Gasteiger partial charge in [-0.2, -0.15) is 0 Å². The van der Waals surface area contributed by atoms with Crippen LogP contribution in [-0.2, 0) is 0 Å². The van der Waals surface area contributed by atoms with E-state index in [0.29, 0.717) is 12.3 Å². The van der Waals surface area contributed by atoms with Crippen LogP contribution in [0.4, 0.5) is 5.82 Å². The van der Waals surface area contributed by atoms with E-state index in [4.69, 9.17) is 9.84 Å². The fourth-order valence-electron chi connectivity index (χ4n) is 1.52. The lowest BCUT2D eigenvalue weighted by Gasteiger charge is -2.06. The number of aromatic nitrogens is 1. The summed E-state index contributed by atoms with van der Waals surface area (Å²) in [6.45, 7) is 2.33. The first-order valence-corrected chi connectivity index (χ1v) is 6.01. The first-order valence-electron chi connectivity index (χ1n) is 6.01. The molecule has 0 saturated carbocycles. The van der Waals surface area contributed by atoms with E-state index in [1.807, 2.05) is 0 Å². The van der Waals surface area contributed by atoms with E-state index in [0.717, 1.165) is 25.7 Å². The van der Waals surface area contributed by atoms with Crippen molar-refractivity contribution in [1.29, 1.82) is 0 Å². The van der Waals surface area contributed by atoms with Gasteiger partial charge in [-0.15, -0.1) is 0 Å². The fraction of sp³-hybridized carbons (Fsp3) is 0.583. The largest absolute Gasteiger partial charge is 0.486 e. The Morgan fingerprint density at radius 1 is 1.33 bits per heavy atom. The summed E-state index contributed by atoms with van der Waals surface area (Å²) in [4.78, 5) is 14.1. The van der Waals surface area contributed by atoms with Gasteiger partial charge in [0.15, 0.2) is 0 Å². The minimum atomic E-state index is -0.534. The van der Waals surface area contributed by atoms with E-state index in [-0.39, 0.29) is 18.2 Å². The molecule has 0 aliphatic rings. The molecule has 0 atom stereocenters. The predicted octanol–water partition coefficient (Wildman–Crippen LogP) is 2.23. The molecule has 1 N–H and O–H groups in total.